The first-order chi connectivity index (χ1) is 17.1. The van der Waals surface area contributed by atoms with E-state index in [1.54, 1.807) is 30.6 Å². The Morgan fingerprint density at radius 2 is 1.91 bits per heavy atom. The van der Waals surface area contributed by atoms with Gasteiger partial charge in [-0.1, -0.05) is 18.2 Å². The summed E-state index contributed by atoms with van der Waals surface area (Å²) in [7, 11) is 0. The monoisotopic (exact) mass is 474 g/mol. The Labute approximate surface area is 202 Å². The predicted molar refractivity (Wildman–Crippen MR) is 133 cm³/mol. The van der Waals surface area contributed by atoms with Crippen molar-refractivity contribution in [2.24, 2.45) is 5.73 Å². The second-order valence-electron chi connectivity index (χ2n) is 7.80. The molecule has 0 aliphatic heterocycles. The predicted octanol–water partition coefficient (Wildman–Crippen LogP) is 2.96. The first-order valence-corrected chi connectivity index (χ1v) is 11.3. The number of benzene rings is 1. The van der Waals surface area contributed by atoms with Crippen LogP contribution in [-0.2, 0) is 13.0 Å². The number of rotatable bonds is 11. The summed E-state index contributed by atoms with van der Waals surface area (Å²) < 4.78 is 13.5. The van der Waals surface area contributed by atoms with Crippen LogP contribution < -0.4 is 21.7 Å². The highest BCUT2D eigenvalue weighted by molar-refractivity contribution is 5.99. The van der Waals surface area contributed by atoms with Gasteiger partial charge in [-0.2, -0.15) is 5.10 Å². The molecule has 180 valence electrons. The molecule has 1 aromatic carbocycles. The molecule has 0 spiro atoms. The molecule has 0 atom stereocenters. The minimum absolute atomic E-state index is 0.253. The molecule has 3 aromatic heterocycles. The Bertz CT molecular complexity index is 1260. The molecule has 35 heavy (non-hydrogen) atoms. The van der Waals surface area contributed by atoms with Gasteiger partial charge in [0.15, 0.2) is 0 Å². The van der Waals surface area contributed by atoms with E-state index in [-0.39, 0.29) is 18.3 Å². The highest BCUT2D eigenvalue weighted by atomic mass is 19.1. The Balaban J connectivity index is 1.47. The molecule has 1 amide bonds. The standard InChI is InChI=1S/C25H27FN8O/c26-19-4-1-3-17(13-19)9-11-29-24-21(7-8-22(34-24)18-14-31-32-15-18)25(35)30-16-20-5-2-6-23(33-20)28-12-10-27/h1-8,13-15H,9-12,16,27H2,(H,28,33)(H,29,34)(H,30,35)(H,31,32). The summed E-state index contributed by atoms with van der Waals surface area (Å²) in [6.45, 7) is 1.84. The summed E-state index contributed by atoms with van der Waals surface area (Å²) in [5.41, 5.74) is 8.96. The number of hydrogen-bond donors (Lipinski definition) is 5. The quantitative estimate of drug-likeness (QED) is 0.226. The van der Waals surface area contributed by atoms with Crippen LogP contribution in [-0.4, -0.2) is 45.7 Å². The van der Waals surface area contributed by atoms with Crippen LogP contribution in [0.25, 0.3) is 11.3 Å². The molecule has 0 unspecified atom stereocenters. The molecule has 0 fully saturated rings. The number of nitrogens with one attached hydrogen (secondary N) is 4. The van der Waals surface area contributed by atoms with Crippen LogP contribution in [0.4, 0.5) is 16.0 Å². The van der Waals surface area contributed by atoms with Crippen molar-refractivity contribution in [2.45, 2.75) is 13.0 Å². The highest BCUT2D eigenvalue weighted by Crippen LogP contribution is 2.21. The van der Waals surface area contributed by atoms with E-state index in [0.29, 0.717) is 54.6 Å². The average Bonchev–Trinajstić information content (AvgIpc) is 3.41. The van der Waals surface area contributed by atoms with Crippen molar-refractivity contribution in [2.75, 3.05) is 30.3 Å². The smallest absolute Gasteiger partial charge is 0.255 e. The van der Waals surface area contributed by atoms with Gasteiger partial charge in [0.05, 0.1) is 29.7 Å². The summed E-state index contributed by atoms with van der Waals surface area (Å²) in [5.74, 6) is 0.571. The molecule has 0 aliphatic rings. The number of nitrogens with zero attached hydrogens (tertiary/aromatic N) is 3. The molecule has 4 rings (SSSR count). The van der Waals surface area contributed by atoms with E-state index in [1.807, 2.05) is 24.3 Å². The van der Waals surface area contributed by atoms with E-state index in [0.717, 1.165) is 11.1 Å². The van der Waals surface area contributed by atoms with Gasteiger partial charge in [0.25, 0.3) is 5.91 Å². The molecule has 0 saturated carbocycles. The molecular formula is C25H27FN8O. The number of amides is 1. The fourth-order valence-corrected chi connectivity index (χ4v) is 3.49. The fraction of sp³-hybridized carbons (Fsp3) is 0.200. The molecular weight excluding hydrogens is 447 g/mol. The molecule has 9 nitrogen and oxygen atoms in total. The van der Waals surface area contributed by atoms with Gasteiger partial charge >= 0.3 is 0 Å². The lowest BCUT2D eigenvalue weighted by molar-refractivity contribution is 0.0951. The maximum absolute atomic E-state index is 13.5. The Kier molecular flexibility index (Phi) is 7.97. The highest BCUT2D eigenvalue weighted by Gasteiger charge is 2.15. The lowest BCUT2D eigenvalue weighted by Crippen LogP contribution is -2.25. The first-order valence-electron chi connectivity index (χ1n) is 11.3. The molecule has 0 bridgehead atoms. The molecule has 4 aromatic rings. The number of pyridine rings is 2. The van der Waals surface area contributed by atoms with Gasteiger partial charge in [-0.15, -0.1) is 0 Å². The summed E-state index contributed by atoms with van der Waals surface area (Å²) in [6, 6.07) is 15.5. The van der Waals surface area contributed by atoms with Crippen LogP contribution in [0, 0.1) is 5.82 Å². The minimum Gasteiger partial charge on any atom is -0.369 e. The van der Waals surface area contributed by atoms with Crippen LogP contribution in [0.1, 0.15) is 21.6 Å². The summed E-state index contributed by atoms with van der Waals surface area (Å²) >= 11 is 0. The molecule has 0 radical (unpaired) electrons. The number of anilines is 2. The largest absolute Gasteiger partial charge is 0.369 e. The SMILES string of the molecule is NCCNc1cccc(CNC(=O)c2ccc(-c3cn[nH]c3)nc2NCCc2cccc(F)c2)n1. The second kappa shape index (κ2) is 11.7. The van der Waals surface area contributed by atoms with Crippen LogP contribution in [0.15, 0.2) is 67.0 Å². The van der Waals surface area contributed by atoms with Crippen molar-refractivity contribution in [3.63, 3.8) is 0 Å². The fourth-order valence-electron chi connectivity index (χ4n) is 3.49. The van der Waals surface area contributed by atoms with Crippen LogP contribution >= 0.6 is 0 Å². The third-order valence-corrected chi connectivity index (χ3v) is 5.22. The third kappa shape index (κ3) is 6.61. The minimum atomic E-state index is -0.286. The van der Waals surface area contributed by atoms with E-state index in [1.165, 1.54) is 12.1 Å². The van der Waals surface area contributed by atoms with Gasteiger partial charge in [-0.3, -0.25) is 9.89 Å². The normalized spacial score (nSPS) is 10.7. The number of nitrogens with two attached hydrogens (primary N) is 1. The van der Waals surface area contributed by atoms with Gasteiger partial charge in [0.2, 0.25) is 0 Å². The zero-order valence-corrected chi connectivity index (χ0v) is 19.1. The number of H-pyrrole nitrogens is 1. The van der Waals surface area contributed by atoms with Gasteiger partial charge in [-0.25, -0.2) is 14.4 Å². The maximum atomic E-state index is 13.5. The van der Waals surface area contributed by atoms with Crippen molar-refractivity contribution in [3.05, 3.63) is 89.6 Å². The van der Waals surface area contributed by atoms with Crippen molar-refractivity contribution in [3.8, 4) is 11.3 Å². The van der Waals surface area contributed by atoms with Crippen LogP contribution in [0.3, 0.4) is 0 Å². The number of carbonyl (C=O) groups excluding carboxylic acids is 1. The van der Waals surface area contributed by atoms with E-state index in [9.17, 15) is 9.18 Å². The number of hydrogen-bond acceptors (Lipinski definition) is 7. The third-order valence-electron chi connectivity index (χ3n) is 5.22. The van der Waals surface area contributed by atoms with Crippen molar-refractivity contribution in [1.29, 1.82) is 0 Å². The molecule has 0 saturated heterocycles. The Morgan fingerprint density at radius 1 is 1.03 bits per heavy atom. The maximum Gasteiger partial charge on any atom is 0.255 e. The van der Waals surface area contributed by atoms with E-state index in [4.69, 9.17) is 5.73 Å². The molecule has 6 N–H and O–H groups in total. The summed E-state index contributed by atoms with van der Waals surface area (Å²) in [6.07, 6.45) is 3.97. The molecule has 3 heterocycles. The number of halogens is 1. The van der Waals surface area contributed by atoms with Crippen LogP contribution in [0.5, 0.6) is 0 Å². The van der Waals surface area contributed by atoms with Gasteiger partial charge in [0, 0.05) is 31.4 Å². The first kappa shape index (κ1) is 23.8. The van der Waals surface area contributed by atoms with Gasteiger partial charge in [-0.05, 0) is 48.4 Å². The van der Waals surface area contributed by atoms with Crippen molar-refractivity contribution >= 4 is 17.5 Å². The molecule has 0 aliphatic carbocycles. The second-order valence-corrected chi connectivity index (χ2v) is 7.80. The van der Waals surface area contributed by atoms with Crippen molar-refractivity contribution in [1.82, 2.24) is 25.5 Å². The van der Waals surface area contributed by atoms with E-state index >= 15 is 0 Å². The van der Waals surface area contributed by atoms with Crippen LogP contribution in [0.2, 0.25) is 0 Å². The van der Waals surface area contributed by atoms with Gasteiger partial charge in [0.1, 0.15) is 17.5 Å². The zero-order chi connectivity index (χ0) is 24.5. The lowest BCUT2D eigenvalue weighted by Gasteiger charge is -2.13. The zero-order valence-electron chi connectivity index (χ0n) is 19.1. The molecule has 10 heteroatoms. The van der Waals surface area contributed by atoms with E-state index < -0.39 is 0 Å². The number of aromatic nitrogens is 4. The number of aromatic amines is 1. The average molecular weight is 475 g/mol. The summed E-state index contributed by atoms with van der Waals surface area (Å²) in [4.78, 5) is 22.2. The van der Waals surface area contributed by atoms with E-state index in [2.05, 4.69) is 36.1 Å². The Hall–Kier alpha value is -4.31. The van der Waals surface area contributed by atoms with Crippen molar-refractivity contribution < 1.29 is 9.18 Å². The summed E-state index contributed by atoms with van der Waals surface area (Å²) in [5, 5.41) is 16.0. The topological polar surface area (TPSA) is 134 Å². The number of carbonyl (C=O) groups is 1. The Morgan fingerprint density at radius 3 is 2.71 bits per heavy atom. The lowest BCUT2D eigenvalue weighted by atomic mass is 10.1. The van der Waals surface area contributed by atoms with Gasteiger partial charge < -0.3 is 21.7 Å².